The number of nitrogens with one attached hydrogen (secondary N) is 1. The van der Waals surface area contributed by atoms with Gasteiger partial charge in [0.25, 0.3) is 0 Å². The highest BCUT2D eigenvalue weighted by Gasteiger charge is 2.16. The third-order valence-electron chi connectivity index (χ3n) is 3.04. The number of fused-ring (bicyclic) bond motifs is 1. The third kappa shape index (κ3) is 2.90. The lowest BCUT2D eigenvalue weighted by atomic mass is 9.96. The largest absolute Gasteiger partial charge is 0.454 e. The molecule has 1 unspecified atom stereocenters. The number of hydrogen-bond donors (Lipinski definition) is 2. The van der Waals surface area contributed by atoms with Gasteiger partial charge < -0.3 is 19.9 Å². The quantitative estimate of drug-likeness (QED) is 0.736. The monoisotopic (exact) mass is 237 g/mol. The van der Waals surface area contributed by atoms with Crippen LogP contribution in [0.2, 0.25) is 0 Å². The Labute approximate surface area is 102 Å². The molecule has 1 heterocycles. The Morgan fingerprint density at radius 3 is 2.94 bits per heavy atom. The maximum Gasteiger partial charge on any atom is 0.231 e. The molecule has 2 rings (SSSR count). The van der Waals surface area contributed by atoms with Crippen molar-refractivity contribution >= 4 is 0 Å². The molecule has 4 nitrogen and oxygen atoms in total. The minimum absolute atomic E-state index is 0.178. The SMILES string of the molecule is CCC(CNCCO)c1ccc2c(c1)OCO2. The minimum atomic E-state index is 0.178. The molecule has 0 aromatic heterocycles. The minimum Gasteiger partial charge on any atom is -0.454 e. The summed E-state index contributed by atoms with van der Waals surface area (Å²) in [5.74, 6) is 2.10. The summed E-state index contributed by atoms with van der Waals surface area (Å²) in [6, 6.07) is 6.10. The molecule has 1 atom stereocenters. The van der Waals surface area contributed by atoms with Gasteiger partial charge in [-0.15, -0.1) is 0 Å². The maximum atomic E-state index is 8.75. The molecule has 0 amide bonds. The van der Waals surface area contributed by atoms with Gasteiger partial charge in [0.05, 0.1) is 6.61 Å². The summed E-state index contributed by atoms with van der Waals surface area (Å²) in [4.78, 5) is 0. The first kappa shape index (κ1) is 12.2. The van der Waals surface area contributed by atoms with E-state index in [0.29, 0.717) is 19.3 Å². The average molecular weight is 237 g/mol. The van der Waals surface area contributed by atoms with E-state index in [0.717, 1.165) is 24.5 Å². The molecule has 1 aliphatic heterocycles. The second kappa shape index (κ2) is 5.89. The summed E-state index contributed by atoms with van der Waals surface area (Å²) in [6.07, 6.45) is 1.05. The lowest BCUT2D eigenvalue weighted by Crippen LogP contribution is -2.24. The van der Waals surface area contributed by atoms with Crippen LogP contribution in [0.15, 0.2) is 18.2 Å². The first-order valence-corrected chi connectivity index (χ1v) is 6.06. The lowest BCUT2D eigenvalue weighted by molar-refractivity contribution is 0.174. The summed E-state index contributed by atoms with van der Waals surface area (Å²) in [6.45, 7) is 4.17. The molecule has 94 valence electrons. The Hall–Kier alpha value is -1.26. The molecule has 0 saturated carbocycles. The number of aliphatic hydroxyl groups is 1. The lowest BCUT2D eigenvalue weighted by Gasteiger charge is -2.16. The number of rotatable bonds is 6. The zero-order valence-corrected chi connectivity index (χ0v) is 10.1. The highest BCUT2D eigenvalue weighted by atomic mass is 16.7. The van der Waals surface area contributed by atoms with Crippen LogP contribution in [0.3, 0.4) is 0 Å². The van der Waals surface area contributed by atoms with E-state index in [1.807, 2.05) is 6.07 Å². The molecule has 0 aliphatic carbocycles. The molecule has 2 N–H and O–H groups in total. The predicted molar refractivity (Wildman–Crippen MR) is 65.6 cm³/mol. The fraction of sp³-hybridized carbons (Fsp3) is 0.538. The van der Waals surface area contributed by atoms with Crippen molar-refractivity contribution in [2.45, 2.75) is 19.3 Å². The molecule has 0 radical (unpaired) electrons. The van der Waals surface area contributed by atoms with E-state index in [1.165, 1.54) is 5.56 Å². The molecule has 1 aromatic rings. The maximum absolute atomic E-state index is 8.75. The first-order chi connectivity index (χ1) is 8.35. The summed E-state index contributed by atoms with van der Waals surface area (Å²) in [7, 11) is 0. The Bertz CT molecular complexity index is 368. The Balaban J connectivity index is 2.03. The molecule has 0 saturated heterocycles. The van der Waals surface area contributed by atoms with E-state index in [9.17, 15) is 0 Å². The van der Waals surface area contributed by atoms with Gasteiger partial charge in [-0.3, -0.25) is 0 Å². The van der Waals surface area contributed by atoms with Crippen LogP contribution in [0.1, 0.15) is 24.8 Å². The van der Waals surface area contributed by atoms with Gasteiger partial charge in [-0.1, -0.05) is 13.0 Å². The normalized spacial score (nSPS) is 14.9. The first-order valence-electron chi connectivity index (χ1n) is 6.06. The Morgan fingerprint density at radius 2 is 2.18 bits per heavy atom. The number of aliphatic hydroxyl groups excluding tert-OH is 1. The topological polar surface area (TPSA) is 50.7 Å². The summed E-state index contributed by atoms with van der Waals surface area (Å²) >= 11 is 0. The fourth-order valence-corrected chi connectivity index (χ4v) is 2.02. The van der Waals surface area contributed by atoms with Crippen LogP contribution in [0, 0.1) is 0 Å². The standard InChI is InChI=1S/C13H19NO3/c1-2-10(8-14-5-6-15)11-3-4-12-13(7-11)17-9-16-12/h3-4,7,10,14-15H,2,5-6,8-9H2,1H3. The fourth-order valence-electron chi connectivity index (χ4n) is 2.02. The van der Waals surface area contributed by atoms with Crippen LogP contribution >= 0.6 is 0 Å². The second-order valence-electron chi connectivity index (χ2n) is 4.15. The molecule has 1 aromatic carbocycles. The van der Waals surface area contributed by atoms with Gasteiger partial charge in [0.15, 0.2) is 11.5 Å². The summed E-state index contributed by atoms with van der Waals surface area (Å²) in [5.41, 5.74) is 1.25. The van der Waals surface area contributed by atoms with Crippen LogP contribution in [0.5, 0.6) is 11.5 Å². The van der Waals surface area contributed by atoms with Gasteiger partial charge >= 0.3 is 0 Å². The van der Waals surface area contributed by atoms with Crippen molar-refractivity contribution in [1.29, 1.82) is 0 Å². The third-order valence-corrected chi connectivity index (χ3v) is 3.04. The van der Waals surface area contributed by atoms with E-state index < -0.39 is 0 Å². The second-order valence-corrected chi connectivity index (χ2v) is 4.15. The zero-order valence-electron chi connectivity index (χ0n) is 10.1. The summed E-state index contributed by atoms with van der Waals surface area (Å²) < 4.78 is 10.7. The van der Waals surface area contributed by atoms with Gasteiger partial charge in [0.1, 0.15) is 0 Å². The molecule has 17 heavy (non-hydrogen) atoms. The van der Waals surface area contributed by atoms with Gasteiger partial charge in [-0.2, -0.15) is 0 Å². The average Bonchev–Trinajstić information content (AvgIpc) is 2.82. The van der Waals surface area contributed by atoms with E-state index in [1.54, 1.807) is 0 Å². The molecule has 0 fully saturated rings. The van der Waals surface area contributed by atoms with Gasteiger partial charge in [0.2, 0.25) is 6.79 Å². The van der Waals surface area contributed by atoms with Crippen molar-refractivity contribution in [3.05, 3.63) is 23.8 Å². The van der Waals surface area contributed by atoms with Crippen LogP contribution in [0.4, 0.5) is 0 Å². The number of hydrogen-bond acceptors (Lipinski definition) is 4. The highest BCUT2D eigenvalue weighted by Crippen LogP contribution is 2.35. The molecular weight excluding hydrogens is 218 g/mol. The highest BCUT2D eigenvalue weighted by molar-refractivity contribution is 5.45. The molecule has 0 spiro atoms. The van der Waals surface area contributed by atoms with E-state index >= 15 is 0 Å². The number of benzene rings is 1. The Kier molecular flexibility index (Phi) is 4.23. The number of ether oxygens (including phenoxy) is 2. The van der Waals surface area contributed by atoms with Gasteiger partial charge in [-0.25, -0.2) is 0 Å². The molecular formula is C13H19NO3. The van der Waals surface area contributed by atoms with Crippen molar-refractivity contribution in [3.63, 3.8) is 0 Å². The van der Waals surface area contributed by atoms with Crippen molar-refractivity contribution < 1.29 is 14.6 Å². The van der Waals surface area contributed by atoms with E-state index in [-0.39, 0.29) is 6.61 Å². The molecule has 0 bridgehead atoms. The van der Waals surface area contributed by atoms with Crippen LogP contribution in [-0.2, 0) is 0 Å². The van der Waals surface area contributed by atoms with Crippen molar-refractivity contribution in [2.24, 2.45) is 0 Å². The molecule has 4 heteroatoms. The summed E-state index contributed by atoms with van der Waals surface area (Å²) in [5, 5.41) is 12.0. The van der Waals surface area contributed by atoms with Crippen molar-refractivity contribution in [2.75, 3.05) is 26.5 Å². The predicted octanol–water partition coefficient (Wildman–Crippen LogP) is 1.49. The van der Waals surface area contributed by atoms with Crippen LogP contribution in [-0.4, -0.2) is 31.6 Å². The molecule has 1 aliphatic rings. The van der Waals surface area contributed by atoms with Crippen LogP contribution < -0.4 is 14.8 Å². The van der Waals surface area contributed by atoms with E-state index in [4.69, 9.17) is 14.6 Å². The van der Waals surface area contributed by atoms with E-state index in [2.05, 4.69) is 24.4 Å². The van der Waals surface area contributed by atoms with Crippen LogP contribution in [0.25, 0.3) is 0 Å². The smallest absolute Gasteiger partial charge is 0.231 e. The zero-order chi connectivity index (χ0) is 12.1. The van der Waals surface area contributed by atoms with Crippen molar-refractivity contribution in [1.82, 2.24) is 5.32 Å². The van der Waals surface area contributed by atoms with Gasteiger partial charge in [-0.05, 0) is 30.0 Å². The van der Waals surface area contributed by atoms with Crippen molar-refractivity contribution in [3.8, 4) is 11.5 Å². The van der Waals surface area contributed by atoms with Gasteiger partial charge in [0, 0.05) is 13.1 Å². The Morgan fingerprint density at radius 1 is 1.35 bits per heavy atom.